The molecule has 4 heteroatoms. The normalized spacial score (nSPS) is 13.9. The van der Waals surface area contributed by atoms with Crippen molar-refractivity contribution in [2.24, 2.45) is 11.1 Å². The molecule has 112 valence electrons. The number of carbonyl (C=O) groups is 1. The van der Waals surface area contributed by atoms with Crippen molar-refractivity contribution in [2.45, 2.75) is 45.7 Å². The first-order valence-electron chi connectivity index (χ1n) is 6.93. The van der Waals surface area contributed by atoms with Gasteiger partial charge in [-0.3, -0.25) is 4.79 Å². The Morgan fingerprint density at radius 1 is 1.25 bits per heavy atom. The van der Waals surface area contributed by atoms with Crippen LogP contribution >= 0.6 is 0 Å². The van der Waals surface area contributed by atoms with Gasteiger partial charge in [-0.25, -0.2) is 0 Å². The lowest BCUT2D eigenvalue weighted by atomic mass is 9.74. The second-order valence-electron chi connectivity index (χ2n) is 6.39. The molecule has 1 rings (SSSR count). The lowest BCUT2D eigenvalue weighted by Gasteiger charge is -2.38. The highest BCUT2D eigenvalue weighted by Gasteiger charge is 2.40. The fourth-order valence-electron chi connectivity index (χ4n) is 1.72. The van der Waals surface area contributed by atoms with E-state index in [1.165, 1.54) is 0 Å². The lowest BCUT2D eigenvalue weighted by molar-refractivity contribution is -0.133. The van der Waals surface area contributed by atoms with Crippen molar-refractivity contribution >= 4 is 5.91 Å². The molecule has 0 fully saturated rings. The van der Waals surface area contributed by atoms with Crippen LogP contribution in [0.2, 0.25) is 0 Å². The van der Waals surface area contributed by atoms with Gasteiger partial charge in [0, 0.05) is 5.54 Å². The van der Waals surface area contributed by atoms with E-state index >= 15 is 0 Å². The summed E-state index contributed by atoms with van der Waals surface area (Å²) in [5.41, 5.74) is 5.79. The molecule has 0 spiro atoms. The standard InChI is InChI=1S/C16H26N2O2/c1-15(2,16(3,4)17)14(20)18-13(11-19)10-12-8-6-5-7-9-12/h5-9,13,19H,10-11,17H2,1-4H3,(H,18,20). The average molecular weight is 278 g/mol. The maximum absolute atomic E-state index is 12.4. The molecule has 4 nitrogen and oxygen atoms in total. The summed E-state index contributed by atoms with van der Waals surface area (Å²) < 4.78 is 0. The summed E-state index contributed by atoms with van der Waals surface area (Å²) in [6.45, 7) is 7.20. The van der Waals surface area contributed by atoms with E-state index < -0.39 is 11.0 Å². The zero-order chi connectivity index (χ0) is 15.4. The first kappa shape index (κ1) is 16.7. The van der Waals surface area contributed by atoms with Gasteiger partial charge in [-0.05, 0) is 39.7 Å². The Balaban J connectivity index is 2.72. The van der Waals surface area contributed by atoms with Crippen molar-refractivity contribution < 1.29 is 9.90 Å². The molecule has 1 amide bonds. The molecule has 0 aliphatic heterocycles. The van der Waals surface area contributed by atoms with E-state index in [1.807, 2.05) is 58.0 Å². The Hall–Kier alpha value is -1.39. The Kier molecular flexibility index (Phi) is 5.31. The minimum Gasteiger partial charge on any atom is -0.394 e. The van der Waals surface area contributed by atoms with Gasteiger partial charge < -0.3 is 16.2 Å². The number of rotatable bonds is 6. The van der Waals surface area contributed by atoms with Gasteiger partial charge in [0.25, 0.3) is 0 Å². The highest BCUT2D eigenvalue weighted by molar-refractivity contribution is 5.83. The second-order valence-corrected chi connectivity index (χ2v) is 6.39. The topological polar surface area (TPSA) is 75.4 Å². The molecule has 0 radical (unpaired) electrons. The molecule has 0 heterocycles. The Morgan fingerprint density at radius 3 is 2.25 bits per heavy atom. The van der Waals surface area contributed by atoms with Crippen molar-refractivity contribution in [3.63, 3.8) is 0 Å². The van der Waals surface area contributed by atoms with Gasteiger partial charge >= 0.3 is 0 Å². The van der Waals surface area contributed by atoms with Crippen LogP contribution in [0, 0.1) is 5.41 Å². The molecule has 1 aromatic rings. The van der Waals surface area contributed by atoms with Crippen LogP contribution in [0.25, 0.3) is 0 Å². The highest BCUT2D eigenvalue weighted by Crippen LogP contribution is 2.28. The summed E-state index contributed by atoms with van der Waals surface area (Å²) >= 11 is 0. The quantitative estimate of drug-likeness (QED) is 0.737. The van der Waals surface area contributed by atoms with Crippen LogP contribution in [0.3, 0.4) is 0 Å². The monoisotopic (exact) mass is 278 g/mol. The van der Waals surface area contributed by atoms with Gasteiger partial charge in [0.1, 0.15) is 0 Å². The molecule has 0 saturated carbocycles. The number of aliphatic hydroxyl groups is 1. The van der Waals surface area contributed by atoms with E-state index in [0.717, 1.165) is 5.56 Å². The van der Waals surface area contributed by atoms with Crippen molar-refractivity contribution in [2.75, 3.05) is 6.61 Å². The van der Waals surface area contributed by atoms with Crippen LogP contribution in [-0.4, -0.2) is 29.2 Å². The van der Waals surface area contributed by atoms with Gasteiger partial charge in [-0.15, -0.1) is 0 Å². The molecule has 0 bridgehead atoms. The highest BCUT2D eigenvalue weighted by atomic mass is 16.3. The molecule has 20 heavy (non-hydrogen) atoms. The molecular weight excluding hydrogens is 252 g/mol. The zero-order valence-electron chi connectivity index (χ0n) is 12.8. The first-order chi connectivity index (χ1) is 9.18. The SMILES string of the molecule is CC(C)(N)C(C)(C)C(=O)NC(CO)Cc1ccccc1. The molecule has 4 N–H and O–H groups in total. The van der Waals surface area contributed by atoms with Crippen molar-refractivity contribution in [1.82, 2.24) is 5.32 Å². The smallest absolute Gasteiger partial charge is 0.227 e. The fraction of sp³-hybridized carbons (Fsp3) is 0.562. The predicted octanol–water partition coefficient (Wildman–Crippen LogP) is 1.47. The summed E-state index contributed by atoms with van der Waals surface area (Å²) in [7, 11) is 0. The zero-order valence-corrected chi connectivity index (χ0v) is 12.8. The number of benzene rings is 1. The maximum Gasteiger partial charge on any atom is 0.227 e. The third-order valence-electron chi connectivity index (χ3n) is 4.06. The number of hydrogen-bond acceptors (Lipinski definition) is 3. The van der Waals surface area contributed by atoms with E-state index in [4.69, 9.17) is 5.73 Å². The van der Waals surface area contributed by atoms with Crippen molar-refractivity contribution in [3.8, 4) is 0 Å². The Bertz CT molecular complexity index is 436. The Labute approximate surface area is 121 Å². The fourth-order valence-corrected chi connectivity index (χ4v) is 1.72. The van der Waals surface area contributed by atoms with Gasteiger partial charge in [0.05, 0.1) is 18.1 Å². The summed E-state index contributed by atoms with van der Waals surface area (Å²) in [6.07, 6.45) is 0.601. The minimum absolute atomic E-state index is 0.0955. The lowest BCUT2D eigenvalue weighted by Crippen LogP contribution is -2.57. The third-order valence-corrected chi connectivity index (χ3v) is 4.06. The van der Waals surface area contributed by atoms with Crippen molar-refractivity contribution in [3.05, 3.63) is 35.9 Å². The van der Waals surface area contributed by atoms with E-state index in [1.54, 1.807) is 0 Å². The van der Waals surface area contributed by atoms with Gasteiger partial charge in [0.15, 0.2) is 0 Å². The molecule has 0 aromatic heterocycles. The largest absolute Gasteiger partial charge is 0.394 e. The van der Waals surface area contributed by atoms with E-state index in [2.05, 4.69) is 5.32 Å². The molecule has 0 saturated heterocycles. The third kappa shape index (κ3) is 4.05. The van der Waals surface area contributed by atoms with Crippen LogP contribution in [-0.2, 0) is 11.2 Å². The molecule has 1 unspecified atom stereocenters. The number of nitrogens with two attached hydrogens (primary N) is 1. The minimum atomic E-state index is -0.711. The van der Waals surface area contributed by atoms with Gasteiger partial charge in [-0.2, -0.15) is 0 Å². The van der Waals surface area contributed by atoms with Gasteiger partial charge in [0.2, 0.25) is 5.91 Å². The van der Waals surface area contributed by atoms with Crippen molar-refractivity contribution in [1.29, 1.82) is 0 Å². The van der Waals surface area contributed by atoms with Crippen LogP contribution < -0.4 is 11.1 Å². The average Bonchev–Trinajstić information content (AvgIpc) is 2.37. The summed E-state index contributed by atoms with van der Waals surface area (Å²) in [6, 6.07) is 9.48. The number of nitrogens with one attached hydrogen (secondary N) is 1. The molecular formula is C16H26N2O2. The number of amides is 1. The van der Waals surface area contributed by atoms with Crippen LogP contribution in [0.1, 0.15) is 33.3 Å². The predicted molar refractivity (Wildman–Crippen MR) is 81.2 cm³/mol. The van der Waals surface area contributed by atoms with Crippen LogP contribution in [0.5, 0.6) is 0 Å². The summed E-state index contributed by atoms with van der Waals surface area (Å²) in [5.74, 6) is -0.139. The molecule has 0 aliphatic carbocycles. The number of carbonyl (C=O) groups excluding carboxylic acids is 1. The maximum atomic E-state index is 12.4. The second kappa shape index (κ2) is 6.37. The number of aliphatic hydroxyl groups excluding tert-OH is 1. The summed E-state index contributed by atoms with van der Waals surface area (Å²) in [4.78, 5) is 12.4. The van der Waals surface area contributed by atoms with E-state index in [9.17, 15) is 9.90 Å². The van der Waals surface area contributed by atoms with Crippen LogP contribution in [0.15, 0.2) is 30.3 Å². The first-order valence-corrected chi connectivity index (χ1v) is 6.93. The molecule has 0 aliphatic rings. The molecule has 1 aromatic carbocycles. The Morgan fingerprint density at radius 2 is 1.80 bits per heavy atom. The van der Waals surface area contributed by atoms with Crippen LogP contribution in [0.4, 0.5) is 0 Å². The molecule has 1 atom stereocenters. The van der Waals surface area contributed by atoms with E-state index in [0.29, 0.717) is 6.42 Å². The summed E-state index contributed by atoms with van der Waals surface area (Å²) in [5, 5.41) is 12.4. The van der Waals surface area contributed by atoms with Gasteiger partial charge in [-0.1, -0.05) is 30.3 Å². The van der Waals surface area contributed by atoms with E-state index in [-0.39, 0.29) is 18.6 Å². The number of hydrogen-bond donors (Lipinski definition) is 3.